The van der Waals surface area contributed by atoms with Gasteiger partial charge in [-0.3, -0.25) is 9.79 Å². The number of anilines is 1. The molecule has 1 atom stereocenters. The molecular formula is C22H19ClFN5O2. The summed E-state index contributed by atoms with van der Waals surface area (Å²) < 4.78 is 20.5. The molecule has 0 aliphatic rings. The Labute approximate surface area is 182 Å². The molecule has 1 aromatic carbocycles. The molecule has 7 nitrogen and oxygen atoms in total. The van der Waals surface area contributed by atoms with Gasteiger partial charge >= 0.3 is 0 Å². The van der Waals surface area contributed by atoms with Crippen LogP contribution in [0.3, 0.4) is 0 Å². The fraction of sp³-hybridized carbons (Fsp3) is 0.182. The first-order chi connectivity index (χ1) is 14.8. The molecule has 158 valence electrons. The van der Waals surface area contributed by atoms with E-state index in [0.29, 0.717) is 16.8 Å². The normalized spacial score (nSPS) is 12.8. The van der Waals surface area contributed by atoms with Crippen LogP contribution in [0.25, 0.3) is 16.5 Å². The van der Waals surface area contributed by atoms with Gasteiger partial charge in [0.1, 0.15) is 28.4 Å². The lowest BCUT2D eigenvalue weighted by molar-refractivity contribution is 0.570. The van der Waals surface area contributed by atoms with Crippen molar-refractivity contribution in [3.63, 3.8) is 0 Å². The molecule has 0 aliphatic heterocycles. The number of benzene rings is 1. The SMILES string of the molecule is CN=C/C(=C\N)c1oc2c(C(C)Nc3ccc(Cl)nc3C#N)cc(F)cc2c(=O)c1C. The summed E-state index contributed by atoms with van der Waals surface area (Å²) in [5.74, 6) is -0.341. The minimum atomic E-state index is -0.588. The Morgan fingerprint density at radius 3 is 2.84 bits per heavy atom. The van der Waals surface area contributed by atoms with Crippen molar-refractivity contribution in [3.05, 3.63) is 74.2 Å². The minimum Gasteiger partial charge on any atom is -0.455 e. The number of halogens is 2. The Balaban J connectivity index is 2.22. The van der Waals surface area contributed by atoms with Gasteiger partial charge in [-0.15, -0.1) is 0 Å². The number of nitriles is 1. The number of fused-ring (bicyclic) bond motifs is 1. The summed E-state index contributed by atoms with van der Waals surface area (Å²) in [5, 5.41) is 12.7. The molecule has 2 aromatic heterocycles. The van der Waals surface area contributed by atoms with E-state index < -0.39 is 11.9 Å². The predicted octanol–water partition coefficient (Wildman–Crippen LogP) is 4.33. The molecule has 0 saturated carbocycles. The Morgan fingerprint density at radius 2 is 2.19 bits per heavy atom. The van der Waals surface area contributed by atoms with E-state index in [4.69, 9.17) is 21.8 Å². The van der Waals surface area contributed by atoms with Gasteiger partial charge in [0.25, 0.3) is 0 Å². The van der Waals surface area contributed by atoms with Gasteiger partial charge in [-0.1, -0.05) is 11.6 Å². The fourth-order valence-electron chi connectivity index (χ4n) is 3.24. The second-order valence-electron chi connectivity index (χ2n) is 6.77. The van der Waals surface area contributed by atoms with Gasteiger partial charge in [-0.05, 0) is 38.1 Å². The van der Waals surface area contributed by atoms with Crippen molar-refractivity contribution in [1.82, 2.24) is 4.98 Å². The number of aromatic nitrogens is 1. The number of nitrogens with two attached hydrogens (primary N) is 1. The maximum absolute atomic E-state index is 14.4. The van der Waals surface area contributed by atoms with Crippen LogP contribution in [0.4, 0.5) is 10.1 Å². The van der Waals surface area contributed by atoms with Crippen molar-refractivity contribution in [2.45, 2.75) is 19.9 Å². The van der Waals surface area contributed by atoms with Crippen molar-refractivity contribution in [3.8, 4) is 6.07 Å². The molecule has 9 heteroatoms. The highest BCUT2D eigenvalue weighted by Crippen LogP contribution is 2.30. The molecule has 0 fully saturated rings. The van der Waals surface area contributed by atoms with Gasteiger partial charge in [0, 0.05) is 30.6 Å². The van der Waals surface area contributed by atoms with E-state index >= 15 is 0 Å². The molecule has 1 unspecified atom stereocenters. The molecule has 31 heavy (non-hydrogen) atoms. The van der Waals surface area contributed by atoms with Gasteiger partial charge < -0.3 is 15.5 Å². The quantitative estimate of drug-likeness (QED) is 0.451. The molecule has 3 aromatic rings. The van der Waals surface area contributed by atoms with Crippen molar-refractivity contribution in [2.75, 3.05) is 12.4 Å². The Hall–Kier alpha value is -3.70. The second kappa shape index (κ2) is 8.98. The molecule has 0 bridgehead atoms. The molecule has 3 N–H and O–H groups in total. The van der Waals surface area contributed by atoms with Gasteiger partial charge in [0.2, 0.25) is 0 Å². The number of allylic oxidation sites excluding steroid dienone is 1. The lowest BCUT2D eigenvalue weighted by Gasteiger charge is -2.18. The first kappa shape index (κ1) is 22.0. The lowest BCUT2D eigenvalue weighted by Crippen LogP contribution is -2.14. The summed E-state index contributed by atoms with van der Waals surface area (Å²) in [6, 6.07) is 6.97. The second-order valence-corrected chi connectivity index (χ2v) is 7.16. The van der Waals surface area contributed by atoms with Gasteiger partial charge in [-0.2, -0.15) is 5.26 Å². The van der Waals surface area contributed by atoms with Crippen molar-refractivity contribution in [1.29, 1.82) is 5.26 Å². The monoisotopic (exact) mass is 439 g/mol. The van der Waals surface area contributed by atoms with Crippen LogP contribution in [0.15, 0.2) is 44.7 Å². The zero-order chi connectivity index (χ0) is 22.7. The van der Waals surface area contributed by atoms with E-state index in [2.05, 4.69) is 15.3 Å². The predicted molar refractivity (Wildman–Crippen MR) is 120 cm³/mol. The van der Waals surface area contributed by atoms with Crippen LogP contribution >= 0.6 is 11.6 Å². The summed E-state index contributed by atoms with van der Waals surface area (Å²) in [5.41, 5.74) is 7.11. The molecule has 2 heterocycles. The average molecular weight is 440 g/mol. The van der Waals surface area contributed by atoms with Crippen LogP contribution in [0.1, 0.15) is 35.5 Å². The van der Waals surface area contributed by atoms with E-state index in [1.807, 2.05) is 6.07 Å². The van der Waals surface area contributed by atoms with Gasteiger partial charge in [0.05, 0.1) is 22.7 Å². The van der Waals surface area contributed by atoms with E-state index in [9.17, 15) is 14.4 Å². The summed E-state index contributed by atoms with van der Waals surface area (Å²) in [6.45, 7) is 3.33. The standard InChI is InChI=1S/C22H19ClFN5O2/c1-11-20(30)16-7-14(24)6-15(22(16)31-21(11)13(8-25)10-27-3)12(2)28-17-4-5-19(23)29-18(17)9-26/h4-8,10,12,28H,25H2,1-3H3/b13-8+,27-10?. The summed E-state index contributed by atoms with van der Waals surface area (Å²) in [7, 11) is 1.57. The third-order valence-corrected chi connectivity index (χ3v) is 4.94. The Kier molecular flexibility index (Phi) is 6.37. The first-order valence-corrected chi connectivity index (χ1v) is 9.63. The van der Waals surface area contributed by atoms with Gasteiger partial charge in [0.15, 0.2) is 11.1 Å². The molecule has 0 radical (unpaired) electrons. The zero-order valence-electron chi connectivity index (χ0n) is 17.0. The van der Waals surface area contributed by atoms with Crippen molar-refractivity contribution >= 4 is 40.0 Å². The van der Waals surface area contributed by atoms with Crippen molar-refractivity contribution < 1.29 is 8.81 Å². The number of pyridine rings is 1. The summed E-state index contributed by atoms with van der Waals surface area (Å²) >= 11 is 5.85. The number of aliphatic imine (C=N–C) groups is 1. The van der Waals surface area contributed by atoms with E-state index in [0.717, 1.165) is 6.07 Å². The molecular weight excluding hydrogens is 421 g/mol. The third-order valence-electron chi connectivity index (χ3n) is 4.73. The largest absolute Gasteiger partial charge is 0.455 e. The van der Waals surface area contributed by atoms with Crippen LogP contribution in [-0.4, -0.2) is 18.2 Å². The smallest absolute Gasteiger partial charge is 0.196 e. The maximum Gasteiger partial charge on any atom is 0.196 e. The Bertz CT molecular complexity index is 1320. The molecule has 0 spiro atoms. The van der Waals surface area contributed by atoms with Gasteiger partial charge in [-0.25, -0.2) is 9.37 Å². The number of hydrogen-bond donors (Lipinski definition) is 2. The van der Waals surface area contributed by atoms with E-state index in [-0.39, 0.29) is 38.6 Å². The highest BCUT2D eigenvalue weighted by Gasteiger charge is 2.21. The highest BCUT2D eigenvalue weighted by molar-refractivity contribution is 6.29. The Morgan fingerprint density at radius 1 is 1.45 bits per heavy atom. The minimum absolute atomic E-state index is 0.0885. The van der Waals surface area contributed by atoms with E-state index in [1.54, 1.807) is 27.0 Å². The van der Waals surface area contributed by atoms with Crippen molar-refractivity contribution in [2.24, 2.45) is 10.7 Å². The maximum atomic E-state index is 14.4. The van der Waals surface area contributed by atoms with E-state index in [1.165, 1.54) is 24.5 Å². The fourth-order valence-corrected chi connectivity index (χ4v) is 3.39. The van der Waals surface area contributed by atoms with Crippen LogP contribution < -0.4 is 16.5 Å². The van der Waals surface area contributed by atoms with Crippen LogP contribution in [-0.2, 0) is 0 Å². The number of nitrogens with one attached hydrogen (secondary N) is 1. The molecule has 3 rings (SSSR count). The average Bonchev–Trinajstić information content (AvgIpc) is 2.75. The number of nitrogens with zero attached hydrogens (tertiary/aromatic N) is 3. The molecule has 0 saturated heterocycles. The van der Waals surface area contributed by atoms with Crippen LogP contribution in [0.2, 0.25) is 5.15 Å². The third kappa shape index (κ3) is 4.27. The molecule has 0 amide bonds. The van der Waals surface area contributed by atoms with Crippen LogP contribution in [0, 0.1) is 24.1 Å². The summed E-state index contributed by atoms with van der Waals surface area (Å²) in [4.78, 5) is 20.9. The van der Waals surface area contributed by atoms with Crippen LogP contribution in [0.5, 0.6) is 0 Å². The lowest BCUT2D eigenvalue weighted by atomic mass is 10.0. The zero-order valence-corrected chi connectivity index (χ0v) is 17.8. The summed E-state index contributed by atoms with van der Waals surface area (Å²) in [6.07, 6.45) is 2.76. The number of hydrogen-bond acceptors (Lipinski definition) is 7. The highest BCUT2D eigenvalue weighted by atomic mass is 35.5. The topological polar surface area (TPSA) is 117 Å². The first-order valence-electron chi connectivity index (χ1n) is 9.25. The molecule has 0 aliphatic carbocycles. The number of rotatable bonds is 5.